The molecule has 76 valence electrons. The zero-order chi connectivity index (χ0) is 10.4. The van der Waals surface area contributed by atoms with Gasteiger partial charge in [0.1, 0.15) is 5.69 Å². The Labute approximate surface area is 84.5 Å². The molecule has 0 fully saturated rings. The standard InChI is InChI=1S/C10H16N4/c1-4-8(2)10-7-12-9(5-13-10)6-14-11-3/h5-8,11H,4H2,1-3H3/b14-6-. The molecule has 0 aliphatic heterocycles. The van der Waals surface area contributed by atoms with Gasteiger partial charge in [0, 0.05) is 13.2 Å². The lowest BCUT2D eigenvalue weighted by atomic mass is 10.1. The Morgan fingerprint density at radius 2 is 2.29 bits per heavy atom. The lowest BCUT2D eigenvalue weighted by molar-refractivity contribution is 0.702. The van der Waals surface area contributed by atoms with Crippen molar-refractivity contribution >= 4 is 6.21 Å². The van der Waals surface area contributed by atoms with Gasteiger partial charge in [0.2, 0.25) is 0 Å². The van der Waals surface area contributed by atoms with Gasteiger partial charge >= 0.3 is 0 Å². The van der Waals surface area contributed by atoms with Gasteiger partial charge in [-0.25, -0.2) is 0 Å². The molecule has 1 rings (SSSR count). The minimum absolute atomic E-state index is 0.470. The molecule has 1 N–H and O–H groups in total. The first kappa shape index (κ1) is 10.6. The van der Waals surface area contributed by atoms with Crippen LogP contribution in [-0.2, 0) is 0 Å². The number of hydrogen-bond donors (Lipinski definition) is 1. The molecule has 0 saturated heterocycles. The summed E-state index contributed by atoms with van der Waals surface area (Å²) in [7, 11) is 1.75. The van der Waals surface area contributed by atoms with Crippen LogP contribution in [0.2, 0.25) is 0 Å². The fourth-order valence-electron chi connectivity index (χ4n) is 1.01. The van der Waals surface area contributed by atoms with Crippen LogP contribution in [0.4, 0.5) is 0 Å². The van der Waals surface area contributed by atoms with Gasteiger partial charge in [-0.05, 0) is 12.3 Å². The molecule has 14 heavy (non-hydrogen) atoms. The summed E-state index contributed by atoms with van der Waals surface area (Å²) in [4.78, 5) is 8.55. The second kappa shape index (κ2) is 5.32. The van der Waals surface area contributed by atoms with Crippen molar-refractivity contribution in [3.8, 4) is 0 Å². The van der Waals surface area contributed by atoms with Gasteiger partial charge < -0.3 is 5.43 Å². The second-order valence-electron chi connectivity index (χ2n) is 3.16. The summed E-state index contributed by atoms with van der Waals surface area (Å²) in [5, 5.41) is 3.86. The summed E-state index contributed by atoms with van der Waals surface area (Å²) >= 11 is 0. The van der Waals surface area contributed by atoms with Crippen molar-refractivity contribution in [3.05, 3.63) is 23.8 Å². The molecule has 0 bridgehead atoms. The van der Waals surface area contributed by atoms with E-state index in [1.54, 1.807) is 19.5 Å². The van der Waals surface area contributed by atoms with Crippen LogP contribution in [0.5, 0.6) is 0 Å². The number of hydrogen-bond acceptors (Lipinski definition) is 4. The fraction of sp³-hybridized carbons (Fsp3) is 0.500. The molecule has 1 atom stereocenters. The molecule has 0 spiro atoms. The fourth-order valence-corrected chi connectivity index (χ4v) is 1.01. The van der Waals surface area contributed by atoms with Crippen LogP contribution in [0.15, 0.2) is 17.5 Å². The Morgan fingerprint density at radius 1 is 1.50 bits per heavy atom. The van der Waals surface area contributed by atoms with Gasteiger partial charge in [-0.15, -0.1) is 0 Å². The zero-order valence-corrected chi connectivity index (χ0v) is 8.86. The summed E-state index contributed by atoms with van der Waals surface area (Å²) < 4.78 is 0. The molecule has 0 aromatic carbocycles. The highest BCUT2D eigenvalue weighted by molar-refractivity contribution is 5.75. The molecule has 0 saturated carbocycles. The molecule has 4 heteroatoms. The number of aromatic nitrogens is 2. The minimum atomic E-state index is 0.470. The van der Waals surface area contributed by atoms with Crippen molar-refractivity contribution in [1.29, 1.82) is 0 Å². The Kier molecular flexibility index (Phi) is 4.04. The van der Waals surface area contributed by atoms with E-state index in [9.17, 15) is 0 Å². The summed E-state index contributed by atoms with van der Waals surface area (Å²) in [6.45, 7) is 4.29. The molecule has 4 nitrogen and oxygen atoms in total. The normalized spacial score (nSPS) is 13.1. The first-order valence-electron chi connectivity index (χ1n) is 4.79. The van der Waals surface area contributed by atoms with Crippen molar-refractivity contribution in [1.82, 2.24) is 15.4 Å². The van der Waals surface area contributed by atoms with Crippen molar-refractivity contribution in [3.63, 3.8) is 0 Å². The van der Waals surface area contributed by atoms with Gasteiger partial charge in [-0.1, -0.05) is 13.8 Å². The predicted octanol–water partition coefficient (Wildman–Crippen LogP) is 1.54. The lowest BCUT2D eigenvalue weighted by Gasteiger charge is -2.06. The van der Waals surface area contributed by atoms with E-state index >= 15 is 0 Å². The summed E-state index contributed by atoms with van der Waals surface area (Å²) in [5.74, 6) is 0.470. The van der Waals surface area contributed by atoms with Gasteiger partial charge in [-0.3, -0.25) is 9.97 Å². The zero-order valence-electron chi connectivity index (χ0n) is 8.86. The van der Waals surface area contributed by atoms with E-state index in [0.717, 1.165) is 17.8 Å². The SMILES string of the molecule is CCC(C)c1cnc(/C=N\NC)cn1. The van der Waals surface area contributed by atoms with E-state index in [0.29, 0.717) is 5.92 Å². The molecule has 1 aromatic heterocycles. The maximum absolute atomic E-state index is 4.32. The van der Waals surface area contributed by atoms with Crippen molar-refractivity contribution in [2.24, 2.45) is 5.10 Å². The van der Waals surface area contributed by atoms with Crippen molar-refractivity contribution in [2.45, 2.75) is 26.2 Å². The third-order valence-electron chi connectivity index (χ3n) is 2.13. The van der Waals surface area contributed by atoms with Crippen LogP contribution < -0.4 is 5.43 Å². The third kappa shape index (κ3) is 2.80. The van der Waals surface area contributed by atoms with Crippen LogP contribution in [0, 0.1) is 0 Å². The molecule has 0 amide bonds. The number of nitrogens with one attached hydrogen (secondary N) is 1. The molecular weight excluding hydrogens is 176 g/mol. The van der Waals surface area contributed by atoms with E-state index < -0.39 is 0 Å². The average Bonchev–Trinajstić information content (AvgIpc) is 2.26. The topological polar surface area (TPSA) is 50.2 Å². The van der Waals surface area contributed by atoms with Crippen molar-refractivity contribution < 1.29 is 0 Å². The Bertz CT molecular complexity index is 291. The number of rotatable bonds is 4. The largest absolute Gasteiger partial charge is 0.313 e. The van der Waals surface area contributed by atoms with E-state index in [4.69, 9.17) is 0 Å². The first-order valence-corrected chi connectivity index (χ1v) is 4.79. The highest BCUT2D eigenvalue weighted by Crippen LogP contribution is 2.14. The van der Waals surface area contributed by atoms with Crippen LogP contribution in [0.25, 0.3) is 0 Å². The monoisotopic (exact) mass is 192 g/mol. The van der Waals surface area contributed by atoms with E-state index in [2.05, 4.69) is 34.3 Å². The predicted molar refractivity (Wildman–Crippen MR) is 57.4 cm³/mol. The maximum atomic E-state index is 4.32. The minimum Gasteiger partial charge on any atom is -0.313 e. The van der Waals surface area contributed by atoms with E-state index in [-0.39, 0.29) is 0 Å². The third-order valence-corrected chi connectivity index (χ3v) is 2.13. The Balaban J connectivity index is 2.73. The van der Waals surface area contributed by atoms with Gasteiger partial charge in [-0.2, -0.15) is 5.10 Å². The molecule has 1 heterocycles. The number of nitrogens with zero attached hydrogens (tertiary/aromatic N) is 3. The maximum Gasteiger partial charge on any atom is 0.101 e. The quantitative estimate of drug-likeness (QED) is 0.581. The average molecular weight is 192 g/mol. The van der Waals surface area contributed by atoms with Crippen LogP contribution >= 0.6 is 0 Å². The lowest BCUT2D eigenvalue weighted by Crippen LogP contribution is -2.00. The van der Waals surface area contributed by atoms with E-state index in [1.165, 1.54) is 0 Å². The molecule has 0 radical (unpaired) electrons. The molecular formula is C10H16N4. The Morgan fingerprint density at radius 3 is 2.79 bits per heavy atom. The Hall–Kier alpha value is -1.45. The highest BCUT2D eigenvalue weighted by atomic mass is 15.3. The van der Waals surface area contributed by atoms with Gasteiger partial charge in [0.25, 0.3) is 0 Å². The second-order valence-corrected chi connectivity index (χ2v) is 3.16. The summed E-state index contributed by atoms with van der Waals surface area (Å²) in [5.41, 5.74) is 4.47. The van der Waals surface area contributed by atoms with Crippen LogP contribution in [-0.4, -0.2) is 23.2 Å². The van der Waals surface area contributed by atoms with Gasteiger partial charge in [0.05, 0.1) is 18.1 Å². The first-order chi connectivity index (χ1) is 6.77. The number of hydrazone groups is 1. The van der Waals surface area contributed by atoms with E-state index in [1.807, 2.05) is 6.20 Å². The molecule has 1 aromatic rings. The molecule has 1 unspecified atom stereocenters. The summed E-state index contributed by atoms with van der Waals surface area (Å²) in [6, 6.07) is 0. The molecule has 0 aliphatic rings. The van der Waals surface area contributed by atoms with Crippen LogP contribution in [0.3, 0.4) is 0 Å². The highest BCUT2D eigenvalue weighted by Gasteiger charge is 2.03. The smallest absolute Gasteiger partial charge is 0.101 e. The van der Waals surface area contributed by atoms with Crippen LogP contribution in [0.1, 0.15) is 37.6 Å². The van der Waals surface area contributed by atoms with Crippen molar-refractivity contribution in [2.75, 3.05) is 7.05 Å². The van der Waals surface area contributed by atoms with Gasteiger partial charge in [0.15, 0.2) is 0 Å². The molecule has 0 aliphatic carbocycles. The summed E-state index contributed by atoms with van der Waals surface area (Å²) in [6.07, 6.45) is 6.28.